The van der Waals surface area contributed by atoms with Gasteiger partial charge in [-0.05, 0) is 12.8 Å². The molecule has 0 unspecified atom stereocenters. The van der Waals surface area contributed by atoms with E-state index in [1.807, 2.05) is 11.9 Å². The van der Waals surface area contributed by atoms with Gasteiger partial charge in [0.15, 0.2) is 0 Å². The van der Waals surface area contributed by atoms with Crippen molar-refractivity contribution < 1.29 is 4.92 Å². The number of aryl methyl sites for hydroxylation is 1. The molecular weight excluding hydrogens is 182 g/mol. The average Bonchev–Trinajstić information content (AvgIpc) is 2.17. The van der Waals surface area contributed by atoms with Crippen LogP contribution in [0, 0.1) is 10.1 Å². The second-order valence-corrected chi connectivity index (χ2v) is 3.46. The Balaban J connectivity index is 2.44. The van der Waals surface area contributed by atoms with Crippen LogP contribution < -0.4 is 4.90 Å². The fraction of sp³-hybridized carbons (Fsp3) is 0.444. The van der Waals surface area contributed by atoms with Crippen LogP contribution in [0.25, 0.3) is 0 Å². The Bertz CT molecular complexity index is 378. The smallest absolute Gasteiger partial charge is 0.288 e. The Morgan fingerprint density at radius 1 is 1.64 bits per heavy atom. The molecule has 0 aliphatic carbocycles. The highest BCUT2D eigenvalue weighted by Gasteiger charge is 2.18. The number of nitrogens with zero attached hydrogens (tertiary/aromatic N) is 3. The highest BCUT2D eigenvalue weighted by molar-refractivity contribution is 5.52. The monoisotopic (exact) mass is 193 g/mol. The van der Waals surface area contributed by atoms with Crippen LogP contribution in [-0.2, 0) is 6.42 Å². The first-order valence-corrected chi connectivity index (χ1v) is 4.53. The van der Waals surface area contributed by atoms with Gasteiger partial charge in [-0.15, -0.1) is 0 Å². The summed E-state index contributed by atoms with van der Waals surface area (Å²) in [7, 11) is 1.96. The second kappa shape index (κ2) is 3.25. The number of nitro groups is 1. The van der Waals surface area contributed by atoms with E-state index in [-0.39, 0.29) is 5.69 Å². The standard InChI is InChI=1S/C9H11N3O2/c1-11-4-2-3-7-5-8(12(13)14)6-10-9(7)11/h5-6H,2-4H2,1H3. The first kappa shape index (κ1) is 8.93. The average molecular weight is 193 g/mol. The number of anilines is 1. The summed E-state index contributed by atoms with van der Waals surface area (Å²) >= 11 is 0. The summed E-state index contributed by atoms with van der Waals surface area (Å²) in [4.78, 5) is 16.3. The molecule has 0 amide bonds. The van der Waals surface area contributed by atoms with Gasteiger partial charge in [0.2, 0.25) is 0 Å². The minimum atomic E-state index is -0.401. The minimum Gasteiger partial charge on any atom is -0.359 e. The molecule has 1 aromatic heterocycles. The van der Waals surface area contributed by atoms with Crippen molar-refractivity contribution in [2.45, 2.75) is 12.8 Å². The van der Waals surface area contributed by atoms with E-state index >= 15 is 0 Å². The molecule has 1 aromatic rings. The van der Waals surface area contributed by atoms with Crippen LogP contribution in [-0.4, -0.2) is 23.5 Å². The van der Waals surface area contributed by atoms with E-state index in [2.05, 4.69) is 4.98 Å². The van der Waals surface area contributed by atoms with E-state index in [1.54, 1.807) is 6.07 Å². The third-order valence-corrected chi connectivity index (χ3v) is 2.44. The Morgan fingerprint density at radius 3 is 3.14 bits per heavy atom. The summed E-state index contributed by atoms with van der Waals surface area (Å²) in [6, 6.07) is 1.62. The van der Waals surface area contributed by atoms with Gasteiger partial charge in [0.1, 0.15) is 12.0 Å². The van der Waals surface area contributed by atoms with Gasteiger partial charge < -0.3 is 4.90 Å². The zero-order valence-corrected chi connectivity index (χ0v) is 7.93. The van der Waals surface area contributed by atoms with Crippen molar-refractivity contribution in [3.05, 3.63) is 27.9 Å². The SMILES string of the molecule is CN1CCCc2cc([N+](=O)[O-])cnc21. The van der Waals surface area contributed by atoms with Gasteiger partial charge in [-0.25, -0.2) is 4.98 Å². The van der Waals surface area contributed by atoms with Crippen molar-refractivity contribution in [1.29, 1.82) is 0 Å². The number of hydrogen-bond donors (Lipinski definition) is 0. The normalized spacial score (nSPS) is 15.1. The van der Waals surface area contributed by atoms with Gasteiger partial charge in [0.25, 0.3) is 5.69 Å². The van der Waals surface area contributed by atoms with E-state index in [1.165, 1.54) is 6.20 Å². The van der Waals surface area contributed by atoms with Crippen LogP contribution >= 0.6 is 0 Å². The van der Waals surface area contributed by atoms with Crippen molar-refractivity contribution in [1.82, 2.24) is 4.98 Å². The van der Waals surface area contributed by atoms with Crippen LogP contribution in [0.1, 0.15) is 12.0 Å². The summed E-state index contributed by atoms with van der Waals surface area (Å²) in [6.45, 7) is 0.970. The number of hydrogen-bond acceptors (Lipinski definition) is 4. The Morgan fingerprint density at radius 2 is 2.43 bits per heavy atom. The largest absolute Gasteiger partial charge is 0.359 e. The molecule has 1 aliphatic heterocycles. The summed E-state index contributed by atoms with van der Waals surface area (Å²) in [5.74, 6) is 0.877. The summed E-state index contributed by atoms with van der Waals surface area (Å²) in [5, 5.41) is 10.5. The number of rotatable bonds is 1. The van der Waals surface area contributed by atoms with Gasteiger partial charge in [0, 0.05) is 25.2 Å². The van der Waals surface area contributed by atoms with Crippen LogP contribution in [0.15, 0.2) is 12.3 Å². The third kappa shape index (κ3) is 1.41. The first-order valence-electron chi connectivity index (χ1n) is 4.53. The van der Waals surface area contributed by atoms with E-state index < -0.39 is 4.92 Å². The van der Waals surface area contributed by atoms with Crippen LogP contribution in [0.5, 0.6) is 0 Å². The maximum Gasteiger partial charge on any atom is 0.288 e. The lowest BCUT2D eigenvalue weighted by Gasteiger charge is -2.25. The first-order chi connectivity index (χ1) is 6.68. The molecule has 0 saturated heterocycles. The van der Waals surface area contributed by atoms with Gasteiger partial charge in [-0.2, -0.15) is 0 Å². The molecular formula is C9H11N3O2. The Kier molecular flexibility index (Phi) is 2.07. The van der Waals surface area contributed by atoms with Gasteiger partial charge in [0.05, 0.1) is 4.92 Å². The molecule has 0 saturated carbocycles. The summed E-state index contributed by atoms with van der Waals surface area (Å²) in [6.07, 6.45) is 3.24. The van der Waals surface area contributed by atoms with Crippen molar-refractivity contribution in [2.24, 2.45) is 0 Å². The van der Waals surface area contributed by atoms with E-state index in [4.69, 9.17) is 0 Å². The molecule has 0 radical (unpaired) electrons. The molecule has 14 heavy (non-hydrogen) atoms. The fourth-order valence-electron chi connectivity index (χ4n) is 1.73. The molecule has 0 fully saturated rings. The zero-order valence-electron chi connectivity index (χ0n) is 7.93. The maximum atomic E-state index is 10.5. The number of aromatic nitrogens is 1. The maximum absolute atomic E-state index is 10.5. The molecule has 2 heterocycles. The molecule has 0 N–H and O–H groups in total. The van der Waals surface area contributed by atoms with Crippen molar-refractivity contribution >= 4 is 11.5 Å². The predicted octanol–water partition coefficient (Wildman–Crippen LogP) is 1.37. The topological polar surface area (TPSA) is 59.3 Å². The van der Waals surface area contributed by atoms with Gasteiger partial charge in [-0.3, -0.25) is 10.1 Å². The van der Waals surface area contributed by atoms with Crippen LogP contribution in [0.2, 0.25) is 0 Å². The lowest BCUT2D eigenvalue weighted by molar-refractivity contribution is -0.385. The van der Waals surface area contributed by atoms with E-state index in [0.717, 1.165) is 30.8 Å². The van der Waals surface area contributed by atoms with Crippen molar-refractivity contribution in [3.63, 3.8) is 0 Å². The molecule has 0 aromatic carbocycles. The Hall–Kier alpha value is -1.65. The Labute approximate surface area is 81.5 Å². The van der Waals surface area contributed by atoms with Gasteiger partial charge >= 0.3 is 0 Å². The number of fused-ring (bicyclic) bond motifs is 1. The summed E-state index contributed by atoms with van der Waals surface area (Å²) in [5.41, 5.74) is 1.06. The molecule has 0 bridgehead atoms. The van der Waals surface area contributed by atoms with Crippen molar-refractivity contribution in [2.75, 3.05) is 18.5 Å². The van der Waals surface area contributed by atoms with Crippen LogP contribution in [0.4, 0.5) is 11.5 Å². The quantitative estimate of drug-likeness (QED) is 0.499. The third-order valence-electron chi connectivity index (χ3n) is 2.44. The molecule has 74 valence electrons. The van der Waals surface area contributed by atoms with E-state index in [9.17, 15) is 10.1 Å². The highest BCUT2D eigenvalue weighted by Crippen LogP contribution is 2.26. The molecule has 2 rings (SSSR count). The zero-order chi connectivity index (χ0) is 10.1. The fourth-order valence-corrected chi connectivity index (χ4v) is 1.73. The van der Waals surface area contributed by atoms with Crippen molar-refractivity contribution in [3.8, 4) is 0 Å². The van der Waals surface area contributed by atoms with E-state index in [0.29, 0.717) is 0 Å². The second-order valence-electron chi connectivity index (χ2n) is 3.46. The summed E-state index contributed by atoms with van der Waals surface area (Å²) < 4.78 is 0. The van der Waals surface area contributed by atoms with Gasteiger partial charge in [-0.1, -0.05) is 0 Å². The molecule has 0 atom stereocenters. The lowest BCUT2D eigenvalue weighted by Crippen LogP contribution is -2.25. The predicted molar refractivity (Wildman–Crippen MR) is 52.5 cm³/mol. The molecule has 5 nitrogen and oxygen atoms in total. The molecule has 5 heteroatoms. The van der Waals surface area contributed by atoms with Crippen LogP contribution in [0.3, 0.4) is 0 Å². The molecule has 1 aliphatic rings. The highest BCUT2D eigenvalue weighted by atomic mass is 16.6. The lowest BCUT2D eigenvalue weighted by atomic mass is 10.1. The molecule has 0 spiro atoms. The minimum absolute atomic E-state index is 0.0825. The number of pyridine rings is 1.